The van der Waals surface area contributed by atoms with Gasteiger partial charge in [0, 0.05) is 51.5 Å². The second-order valence-electron chi connectivity index (χ2n) is 5.65. The summed E-state index contributed by atoms with van der Waals surface area (Å²) in [7, 11) is 0. The lowest BCUT2D eigenvalue weighted by Crippen LogP contribution is -2.48. The lowest BCUT2D eigenvalue weighted by Gasteiger charge is -2.34. The molecule has 0 aromatic carbocycles. The Morgan fingerprint density at radius 1 is 1.18 bits per heavy atom. The fourth-order valence-electron chi connectivity index (χ4n) is 2.75. The van der Waals surface area contributed by atoms with Gasteiger partial charge in [-0.15, -0.1) is 0 Å². The number of hydrogen-bond donors (Lipinski definition) is 0. The Balaban J connectivity index is 1.42. The third-order valence-electron chi connectivity index (χ3n) is 4.06. The van der Waals surface area contributed by atoms with Crippen LogP contribution in [0.25, 0.3) is 0 Å². The molecular weight excluding hydrogens is 294 g/mol. The first kappa shape index (κ1) is 15.2. The maximum Gasteiger partial charge on any atom is 0.222 e. The number of aryl methyl sites for hydroxylation is 1. The average Bonchev–Trinajstić information content (AvgIpc) is 3.08. The maximum atomic E-state index is 12.3. The molecular formula is C17H21N3OS. The van der Waals surface area contributed by atoms with Crippen molar-refractivity contribution in [3.05, 3.63) is 52.5 Å². The SMILES string of the molecule is O=C(CCc1ccsc1)N1CCN(Cc2cccnc2)CC1. The molecule has 0 radical (unpaired) electrons. The van der Waals surface area contributed by atoms with Gasteiger partial charge in [0.1, 0.15) is 0 Å². The molecule has 0 spiro atoms. The van der Waals surface area contributed by atoms with Gasteiger partial charge in [-0.2, -0.15) is 11.3 Å². The Morgan fingerprint density at radius 2 is 2.05 bits per heavy atom. The number of carbonyl (C=O) groups is 1. The van der Waals surface area contributed by atoms with Crippen molar-refractivity contribution < 1.29 is 4.79 Å². The summed E-state index contributed by atoms with van der Waals surface area (Å²) in [5, 5.41) is 4.19. The van der Waals surface area contributed by atoms with Crippen molar-refractivity contribution in [3.8, 4) is 0 Å². The molecule has 3 rings (SSSR count). The second-order valence-corrected chi connectivity index (χ2v) is 6.43. The van der Waals surface area contributed by atoms with E-state index in [1.165, 1.54) is 11.1 Å². The molecule has 22 heavy (non-hydrogen) atoms. The van der Waals surface area contributed by atoms with Crippen molar-refractivity contribution in [1.29, 1.82) is 0 Å². The van der Waals surface area contributed by atoms with Crippen LogP contribution < -0.4 is 0 Å². The van der Waals surface area contributed by atoms with Crippen LogP contribution in [0.15, 0.2) is 41.4 Å². The zero-order valence-corrected chi connectivity index (χ0v) is 13.5. The third-order valence-corrected chi connectivity index (χ3v) is 4.79. The topological polar surface area (TPSA) is 36.4 Å². The van der Waals surface area contributed by atoms with E-state index in [9.17, 15) is 4.79 Å². The van der Waals surface area contributed by atoms with Crippen LogP contribution >= 0.6 is 11.3 Å². The number of pyridine rings is 1. The monoisotopic (exact) mass is 315 g/mol. The number of carbonyl (C=O) groups excluding carboxylic acids is 1. The number of hydrogen-bond acceptors (Lipinski definition) is 4. The second kappa shape index (κ2) is 7.51. The Bertz CT molecular complexity index is 577. The highest BCUT2D eigenvalue weighted by Crippen LogP contribution is 2.12. The Kier molecular flexibility index (Phi) is 5.19. The standard InChI is InChI=1S/C17H21N3OS/c21-17(4-3-15-5-11-22-14-15)20-9-7-19(8-10-20)13-16-2-1-6-18-12-16/h1-2,5-6,11-12,14H,3-4,7-10,13H2. The fourth-order valence-corrected chi connectivity index (χ4v) is 3.45. The predicted molar refractivity (Wildman–Crippen MR) is 88.7 cm³/mol. The maximum absolute atomic E-state index is 12.3. The lowest BCUT2D eigenvalue weighted by atomic mass is 10.1. The van der Waals surface area contributed by atoms with Crippen molar-refractivity contribution in [2.75, 3.05) is 26.2 Å². The Hall–Kier alpha value is -1.72. The summed E-state index contributed by atoms with van der Waals surface area (Å²) in [4.78, 5) is 20.8. The molecule has 1 fully saturated rings. The van der Waals surface area contributed by atoms with E-state index < -0.39 is 0 Å². The fraction of sp³-hybridized carbons (Fsp3) is 0.412. The van der Waals surface area contributed by atoms with Gasteiger partial charge in [-0.25, -0.2) is 0 Å². The highest BCUT2D eigenvalue weighted by Gasteiger charge is 2.20. The van der Waals surface area contributed by atoms with Gasteiger partial charge in [-0.1, -0.05) is 6.07 Å². The van der Waals surface area contributed by atoms with Crippen LogP contribution in [0, 0.1) is 0 Å². The minimum Gasteiger partial charge on any atom is -0.340 e. The van der Waals surface area contributed by atoms with E-state index >= 15 is 0 Å². The molecule has 1 saturated heterocycles. The van der Waals surface area contributed by atoms with Crippen LogP contribution in [0.3, 0.4) is 0 Å². The quantitative estimate of drug-likeness (QED) is 0.850. The van der Waals surface area contributed by atoms with Crippen LogP contribution in [-0.4, -0.2) is 46.9 Å². The van der Waals surface area contributed by atoms with Crippen molar-refractivity contribution in [2.45, 2.75) is 19.4 Å². The summed E-state index contributed by atoms with van der Waals surface area (Å²) in [5.74, 6) is 0.284. The predicted octanol–water partition coefficient (Wildman–Crippen LogP) is 2.42. The van der Waals surface area contributed by atoms with Crippen LogP contribution in [0.5, 0.6) is 0 Å². The van der Waals surface area contributed by atoms with Crippen molar-refractivity contribution in [3.63, 3.8) is 0 Å². The van der Waals surface area contributed by atoms with Crippen LogP contribution in [0.4, 0.5) is 0 Å². The lowest BCUT2D eigenvalue weighted by molar-refractivity contribution is -0.133. The van der Waals surface area contributed by atoms with Gasteiger partial charge in [0.05, 0.1) is 0 Å². The molecule has 0 atom stereocenters. The first-order valence-corrected chi connectivity index (χ1v) is 8.65. The number of aromatic nitrogens is 1. The first-order valence-electron chi connectivity index (χ1n) is 7.71. The molecule has 0 unspecified atom stereocenters. The summed E-state index contributed by atoms with van der Waals surface area (Å²) >= 11 is 1.69. The van der Waals surface area contributed by atoms with E-state index in [4.69, 9.17) is 0 Å². The molecule has 1 amide bonds. The molecule has 0 N–H and O–H groups in total. The third kappa shape index (κ3) is 4.15. The molecule has 3 heterocycles. The molecule has 0 bridgehead atoms. The Morgan fingerprint density at radius 3 is 2.73 bits per heavy atom. The van der Waals surface area contributed by atoms with Crippen LogP contribution in [-0.2, 0) is 17.8 Å². The van der Waals surface area contributed by atoms with E-state index in [2.05, 4.69) is 32.8 Å². The largest absolute Gasteiger partial charge is 0.340 e. The molecule has 116 valence electrons. The zero-order chi connectivity index (χ0) is 15.2. The van der Waals surface area contributed by atoms with Crippen molar-refractivity contribution >= 4 is 17.2 Å². The van der Waals surface area contributed by atoms with E-state index in [1.807, 2.05) is 17.2 Å². The number of rotatable bonds is 5. The highest BCUT2D eigenvalue weighted by molar-refractivity contribution is 7.07. The highest BCUT2D eigenvalue weighted by atomic mass is 32.1. The normalized spacial score (nSPS) is 15.9. The zero-order valence-electron chi connectivity index (χ0n) is 12.6. The van der Waals surface area contributed by atoms with Gasteiger partial charge in [0.15, 0.2) is 0 Å². The van der Waals surface area contributed by atoms with Gasteiger partial charge in [0.2, 0.25) is 5.91 Å². The van der Waals surface area contributed by atoms with Gasteiger partial charge in [-0.05, 0) is 40.4 Å². The molecule has 1 aliphatic rings. The van der Waals surface area contributed by atoms with E-state index in [0.29, 0.717) is 6.42 Å². The molecule has 0 aliphatic carbocycles. The first-order chi connectivity index (χ1) is 10.8. The number of amides is 1. The number of thiophene rings is 1. The van der Waals surface area contributed by atoms with Crippen molar-refractivity contribution in [2.24, 2.45) is 0 Å². The van der Waals surface area contributed by atoms with Gasteiger partial charge in [0.25, 0.3) is 0 Å². The van der Waals surface area contributed by atoms with E-state index in [1.54, 1.807) is 17.5 Å². The molecule has 5 heteroatoms. The minimum absolute atomic E-state index is 0.284. The minimum atomic E-state index is 0.284. The summed E-state index contributed by atoms with van der Waals surface area (Å²) in [6.07, 6.45) is 5.20. The molecule has 4 nitrogen and oxygen atoms in total. The molecule has 2 aromatic rings. The van der Waals surface area contributed by atoms with Gasteiger partial charge in [-0.3, -0.25) is 14.7 Å². The summed E-state index contributed by atoms with van der Waals surface area (Å²) in [6.45, 7) is 4.48. The number of nitrogens with zero attached hydrogens (tertiary/aromatic N) is 3. The van der Waals surface area contributed by atoms with Crippen LogP contribution in [0.2, 0.25) is 0 Å². The van der Waals surface area contributed by atoms with Gasteiger partial charge < -0.3 is 4.90 Å². The van der Waals surface area contributed by atoms with E-state index in [-0.39, 0.29) is 5.91 Å². The summed E-state index contributed by atoms with van der Waals surface area (Å²) < 4.78 is 0. The summed E-state index contributed by atoms with van der Waals surface area (Å²) in [5.41, 5.74) is 2.51. The molecule has 2 aromatic heterocycles. The Labute approximate surface area is 135 Å². The van der Waals surface area contributed by atoms with Gasteiger partial charge >= 0.3 is 0 Å². The summed E-state index contributed by atoms with van der Waals surface area (Å²) in [6, 6.07) is 6.18. The van der Waals surface area contributed by atoms with Crippen LogP contribution in [0.1, 0.15) is 17.5 Å². The number of piperazine rings is 1. The molecule has 0 saturated carbocycles. The van der Waals surface area contributed by atoms with E-state index in [0.717, 1.165) is 39.1 Å². The average molecular weight is 315 g/mol. The smallest absolute Gasteiger partial charge is 0.222 e. The van der Waals surface area contributed by atoms with Crippen molar-refractivity contribution in [1.82, 2.24) is 14.8 Å². The molecule has 1 aliphatic heterocycles.